The number of carbonyl (C=O) groups is 2. The summed E-state index contributed by atoms with van der Waals surface area (Å²) in [5.41, 5.74) is -2.79. The zero-order valence-electron chi connectivity index (χ0n) is 11.2. The van der Waals surface area contributed by atoms with Crippen LogP contribution in [0.1, 0.15) is 5.56 Å². The summed E-state index contributed by atoms with van der Waals surface area (Å²) in [4.78, 5) is 24.1. The fraction of sp³-hybridized carbons (Fsp3) is 0.231. The first-order valence-corrected chi connectivity index (χ1v) is 6.96. The Morgan fingerprint density at radius 3 is 2.48 bits per heavy atom. The predicted octanol–water partition coefficient (Wildman–Crippen LogP) is 2.26. The minimum atomic E-state index is -4.87. The third kappa shape index (κ3) is 3.53. The van der Waals surface area contributed by atoms with Crippen molar-refractivity contribution in [3.8, 4) is 0 Å². The highest BCUT2D eigenvalue weighted by atomic mass is 79.9. The van der Waals surface area contributed by atoms with Gasteiger partial charge in [0, 0.05) is 10.5 Å². The Balaban J connectivity index is 2.40. The van der Waals surface area contributed by atoms with Crippen molar-refractivity contribution in [2.24, 2.45) is 0 Å². The van der Waals surface area contributed by atoms with E-state index in [-0.39, 0.29) is 11.0 Å². The number of nitrogens with zero attached hydrogens (tertiary/aromatic N) is 1. The molecule has 5 nitrogen and oxygen atoms in total. The number of carbonyl (C=O) groups excluding carboxylic acids is 2. The van der Waals surface area contributed by atoms with Crippen LogP contribution in [-0.4, -0.2) is 35.0 Å². The number of hydrogen-bond donors (Lipinski definition) is 2. The first-order valence-electron chi connectivity index (χ1n) is 6.16. The highest BCUT2D eigenvalue weighted by molar-refractivity contribution is 9.10. The molecule has 1 heterocycles. The van der Waals surface area contributed by atoms with Crippen LogP contribution >= 0.6 is 15.9 Å². The van der Waals surface area contributed by atoms with Crippen LogP contribution in [-0.2, 0) is 15.8 Å². The molecule has 0 bridgehead atoms. The van der Waals surface area contributed by atoms with E-state index in [2.05, 4.69) is 15.9 Å². The molecule has 0 atom stereocenters. The van der Waals surface area contributed by atoms with Crippen LogP contribution in [0, 0.1) is 5.82 Å². The lowest BCUT2D eigenvalue weighted by atomic mass is 10.1. The number of rotatable bonds is 4. The van der Waals surface area contributed by atoms with Crippen molar-refractivity contribution in [3.05, 3.63) is 39.8 Å². The topological polar surface area (TPSA) is 69.6 Å². The molecule has 10 heteroatoms. The summed E-state index contributed by atoms with van der Waals surface area (Å²) in [5, 5.41) is 10.8. The standard InChI is InChI=1S/C13H9BrF4N2O3/c14-6-3-7(13(16,17)18)11(8(15)4-6)19-9-5-10(22)20(1-2-21)12(9)23/h3-5,19,21H,1-2H2. The maximum absolute atomic E-state index is 13.9. The van der Waals surface area contributed by atoms with Gasteiger partial charge in [0.2, 0.25) is 0 Å². The third-order valence-electron chi connectivity index (χ3n) is 2.95. The van der Waals surface area contributed by atoms with Gasteiger partial charge in [-0.05, 0) is 12.1 Å². The molecular formula is C13H9BrF4N2O3. The van der Waals surface area contributed by atoms with Crippen LogP contribution in [0.3, 0.4) is 0 Å². The van der Waals surface area contributed by atoms with Crippen LogP contribution in [0.4, 0.5) is 23.2 Å². The number of anilines is 1. The fourth-order valence-electron chi connectivity index (χ4n) is 1.97. The quantitative estimate of drug-likeness (QED) is 0.604. The van der Waals surface area contributed by atoms with Gasteiger partial charge in [0.15, 0.2) is 0 Å². The Labute approximate surface area is 135 Å². The Kier molecular flexibility index (Phi) is 4.76. The molecule has 1 aliphatic heterocycles. The van der Waals surface area contributed by atoms with Gasteiger partial charge in [-0.25, -0.2) is 4.39 Å². The van der Waals surface area contributed by atoms with E-state index in [0.29, 0.717) is 11.0 Å². The largest absolute Gasteiger partial charge is 0.418 e. The number of imide groups is 1. The van der Waals surface area contributed by atoms with Crippen LogP contribution < -0.4 is 5.32 Å². The van der Waals surface area contributed by atoms with E-state index >= 15 is 0 Å². The van der Waals surface area contributed by atoms with Gasteiger partial charge in [0.05, 0.1) is 24.4 Å². The van der Waals surface area contributed by atoms with Crippen molar-refractivity contribution in [1.29, 1.82) is 0 Å². The fourth-order valence-corrected chi connectivity index (χ4v) is 2.40. The smallest absolute Gasteiger partial charge is 0.395 e. The van der Waals surface area contributed by atoms with E-state index in [9.17, 15) is 27.2 Å². The minimum Gasteiger partial charge on any atom is -0.395 e. The second kappa shape index (κ2) is 6.28. The summed E-state index contributed by atoms with van der Waals surface area (Å²) in [6.45, 7) is -0.812. The van der Waals surface area contributed by atoms with Gasteiger partial charge in [-0.1, -0.05) is 15.9 Å². The molecule has 1 aliphatic rings. The molecule has 0 saturated heterocycles. The third-order valence-corrected chi connectivity index (χ3v) is 3.41. The predicted molar refractivity (Wildman–Crippen MR) is 74.6 cm³/mol. The second-order valence-electron chi connectivity index (χ2n) is 4.51. The number of benzene rings is 1. The molecule has 2 rings (SSSR count). The van der Waals surface area contributed by atoms with Crippen LogP contribution in [0.15, 0.2) is 28.4 Å². The maximum Gasteiger partial charge on any atom is 0.418 e. The average molecular weight is 397 g/mol. The van der Waals surface area contributed by atoms with Crippen LogP contribution in [0.5, 0.6) is 0 Å². The van der Waals surface area contributed by atoms with Crippen LogP contribution in [0.25, 0.3) is 0 Å². The van der Waals surface area contributed by atoms with Gasteiger partial charge in [0.1, 0.15) is 11.5 Å². The van der Waals surface area contributed by atoms with E-state index in [4.69, 9.17) is 5.11 Å². The van der Waals surface area contributed by atoms with Crippen molar-refractivity contribution in [3.63, 3.8) is 0 Å². The number of amides is 2. The molecule has 2 N–H and O–H groups in total. The number of halogens is 5. The minimum absolute atomic E-state index is 0.127. The normalized spacial score (nSPS) is 15.2. The lowest BCUT2D eigenvalue weighted by Gasteiger charge is -2.17. The number of alkyl halides is 3. The molecule has 23 heavy (non-hydrogen) atoms. The van der Waals surface area contributed by atoms with Gasteiger partial charge in [-0.3, -0.25) is 14.5 Å². The van der Waals surface area contributed by atoms with Gasteiger partial charge in [-0.2, -0.15) is 13.2 Å². The van der Waals surface area contributed by atoms with Gasteiger partial charge >= 0.3 is 6.18 Å². The van der Waals surface area contributed by atoms with Crippen LogP contribution in [0.2, 0.25) is 0 Å². The molecular weight excluding hydrogens is 388 g/mol. The van der Waals surface area contributed by atoms with Crippen molar-refractivity contribution >= 4 is 33.4 Å². The highest BCUT2D eigenvalue weighted by Gasteiger charge is 2.37. The lowest BCUT2D eigenvalue weighted by Crippen LogP contribution is -2.34. The zero-order valence-corrected chi connectivity index (χ0v) is 12.8. The number of aliphatic hydroxyl groups excluding tert-OH is 1. The Morgan fingerprint density at radius 1 is 1.26 bits per heavy atom. The summed E-state index contributed by atoms with van der Waals surface area (Å²) in [7, 11) is 0. The lowest BCUT2D eigenvalue weighted by molar-refractivity contribution is -0.139. The summed E-state index contributed by atoms with van der Waals surface area (Å²) in [6.07, 6.45) is -4.12. The SMILES string of the molecule is O=C1C=C(Nc2c(F)cc(Br)cc2C(F)(F)F)C(=O)N1CCO. The van der Waals surface area contributed by atoms with Crippen molar-refractivity contribution < 1.29 is 32.3 Å². The number of hydrogen-bond acceptors (Lipinski definition) is 4. The molecule has 0 spiro atoms. The zero-order chi connectivity index (χ0) is 17.4. The summed E-state index contributed by atoms with van der Waals surface area (Å²) >= 11 is 2.76. The summed E-state index contributed by atoms with van der Waals surface area (Å²) in [5.74, 6) is -2.99. The molecule has 0 unspecified atom stereocenters. The molecule has 0 saturated carbocycles. The van der Waals surface area contributed by atoms with E-state index in [1.54, 1.807) is 0 Å². The summed E-state index contributed by atoms with van der Waals surface area (Å²) in [6, 6.07) is 1.45. The van der Waals surface area contributed by atoms with Gasteiger partial charge in [0.25, 0.3) is 11.8 Å². The molecule has 1 aromatic rings. The van der Waals surface area contributed by atoms with E-state index in [0.717, 1.165) is 12.1 Å². The molecule has 0 fully saturated rings. The van der Waals surface area contributed by atoms with Crippen molar-refractivity contribution in [2.75, 3.05) is 18.5 Å². The van der Waals surface area contributed by atoms with Gasteiger partial charge < -0.3 is 10.4 Å². The molecule has 0 aliphatic carbocycles. The first-order chi connectivity index (χ1) is 10.6. The number of nitrogens with one attached hydrogen (secondary N) is 1. The Hall–Kier alpha value is -1.94. The first kappa shape index (κ1) is 17.4. The molecule has 2 amide bonds. The number of aliphatic hydroxyl groups is 1. The van der Waals surface area contributed by atoms with E-state index in [1.807, 2.05) is 5.32 Å². The average Bonchev–Trinajstić information content (AvgIpc) is 2.68. The molecule has 1 aromatic carbocycles. The second-order valence-corrected chi connectivity index (χ2v) is 5.43. The molecule has 124 valence electrons. The monoisotopic (exact) mass is 396 g/mol. The Morgan fingerprint density at radius 2 is 1.91 bits per heavy atom. The number of β-amino-alcohol motifs (C(OH)–C–C–N with tert-alkyl or cyclic N) is 1. The van der Waals surface area contributed by atoms with Crippen molar-refractivity contribution in [2.45, 2.75) is 6.18 Å². The Bertz CT molecular complexity index is 703. The molecule has 0 aromatic heterocycles. The summed E-state index contributed by atoms with van der Waals surface area (Å²) < 4.78 is 52.8. The van der Waals surface area contributed by atoms with Crippen molar-refractivity contribution in [1.82, 2.24) is 4.90 Å². The van der Waals surface area contributed by atoms with E-state index in [1.165, 1.54) is 0 Å². The van der Waals surface area contributed by atoms with E-state index < -0.39 is 47.4 Å². The molecule has 0 radical (unpaired) electrons. The van der Waals surface area contributed by atoms with Gasteiger partial charge in [-0.15, -0.1) is 0 Å². The highest BCUT2D eigenvalue weighted by Crippen LogP contribution is 2.39. The maximum atomic E-state index is 13.9.